The van der Waals surface area contributed by atoms with Gasteiger partial charge in [0, 0.05) is 19.6 Å². The second-order valence-corrected chi connectivity index (χ2v) is 8.65. The predicted molar refractivity (Wildman–Crippen MR) is 95.4 cm³/mol. The smallest absolute Gasteiger partial charge is 0.254 e. The number of piperidine rings is 1. The van der Waals surface area contributed by atoms with Crippen molar-refractivity contribution in [3.05, 3.63) is 29.6 Å². The molecule has 0 aliphatic carbocycles. The summed E-state index contributed by atoms with van der Waals surface area (Å²) in [6, 6.07) is 3.44. The average molecular weight is 370 g/mol. The quantitative estimate of drug-likeness (QED) is 0.750. The maximum absolute atomic E-state index is 14.0. The molecule has 1 N–H and O–H groups in total. The van der Waals surface area contributed by atoms with Crippen molar-refractivity contribution in [3.63, 3.8) is 0 Å². The molecule has 1 aromatic carbocycles. The lowest BCUT2D eigenvalue weighted by atomic mass is 10.0. The van der Waals surface area contributed by atoms with Crippen LogP contribution in [0, 0.1) is 11.7 Å². The zero-order valence-electron chi connectivity index (χ0n) is 14.9. The number of carbonyl (C=O) groups excluding carboxylic acids is 1. The zero-order valence-corrected chi connectivity index (χ0v) is 15.7. The van der Waals surface area contributed by atoms with Crippen LogP contribution in [0.25, 0.3) is 0 Å². The highest BCUT2D eigenvalue weighted by molar-refractivity contribution is 7.89. The Kier molecular flexibility index (Phi) is 6.95. The van der Waals surface area contributed by atoms with Gasteiger partial charge >= 0.3 is 0 Å². The van der Waals surface area contributed by atoms with E-state index in [9.17, 15) is 17.6 Å². The summed E-state index contributed by atoms with van der Waals surface area (Å²) in [5, 5.41) is 2.65. The highest BCUT2D eigenvalue weighted by Crippen LogP contribution is 2.24. The first-order chi connectivity index (χ1) is 11.9. The molecule has 1 aliphatic heterocycles. The van der Waals surface area contributed by atoms with Gasteiger partial charge in [-0.1, -0.05) is 26.7 Å². The second-order valence-electron chi connectivity index (χ2n) is 6.72. The Morgan fingerprint density at radius 3 is 2.80 bits per heavy atom. The summed E-state index contributed by atoms with van der Waals surface area (Å²) in [4.78, 5) is 12.2. The van der Waals surface area contributed by atoms with Crippen LogP contribution in [0.15, 0.2) is 23.1 Å². The number of rotatable bonds is 7. The predicted octanol–water partition coefficient (Wildman–Crippen LogP) is 3.17. The second kappa shape index (κ2) is 8.76. The van der Waals surface area contributed by atoms with Gasteiger partial charge in [0.25, 0.3) is 5.91 Å². The minimum Gasteiger partial charge on any atom is -0.352 e. The van der Waals surface area contributed by atoms with Crippen LogP contribution in [0.1, 0.15) is 56.3 Å². The van der Waals surface area contributed by atoms with Crippen molar-refractivity contribution in [1.29, 1.82) is 0 Å². The normalized spacial score (nSPS) is 18.9. The molecule has 25 heavy (non-hydrogen) atoms. The van der Waals surface area contributed by atoms with Gasteiger partial charge in [-0.15, -0.1) is 0 Å². The molecule has 0 spiro atoms. The fraction of sp³-hybridized carbons (Fsp3) is 0.611. The number of unbranched alkanes of at least 4 members (excludes halogenated alkanes) is 2. The van der Waals surface area contributed by atoms with E-state index in [-0.39, 0.29) is 10.5 Å². The molecule has 140 valence electrons. The largest absolute Gasteiger partial charge is 0.352 e. The highest BCUT2D eigenvalue weighted by atomic mass is 32.2. The summed E-state index contributed by atoms with van der Waals surface area (Å²) in [7, 11) is -3.71. The van der Waals surface area contributed by atoms with Gasteiger partial charge in [-0.2, -0.15) is 4.31 Å². The van der Waals surface area contributed by atoms with Gasteiger partial charge < -0.3 is 5.32 Å². The van der Waals surface area contributed by atoms with Crippen LogP contribution in [0.2, 0.25) is 0 Å². The van der Waals surface area contributed by atoms with Crippen LogP contribution < -0.4 is 5.32 Å². The zero-order chi connectivity index (χ0) is 18.4. The molecule has 5 nitrogen and oxygen atoms in total. The first-order valence-corrected chi connectivity index (χ1v) is 10.4. The number of sulfonamides is 1. The molecule has 1 aromatic rings. The fourth-order valence-corrected chi connectivity index (χ4v) is 4.65. The topological polar surface area (TPSA) is 66.5 Å². The third-order valence-electron chi connectivity index (χ3n) is 4.51. The Bertz CT molecular complexity index is 706. The van der Waals surface area contributed by atoms with E-state index in [1.54, 1.807) is 0 Å². The third-order valence-corrected chi connectivity index (χ3v) is 6.37. The van der Waals surface area contributed by atoms with Crippen LogP contribution >= 0.6 is 0 Å². The monoisotopic (exact) mass is 370 g/mol. The molecule has 0 bridgehead atoms. The number of carbonyl (C=O) groups is 1. The number of halogens is 1. The van der Waals surface area contributed by atoms with Crippen LogP contribution in [-0.4, -0.2) is 38.3 Å². The summed E-state index contributed by atoms with van der Waals surface area (Å²) in [5.41, 5.74) is -0.220. The number of nitrogens with zero attached hydrogens (tertiary/aromatic N) is 1. The van der Waals surface area contributed by atoms with Gasteiger partial charge in [0.15, 0.2) is 0 Å². The van der Waals surface area contributed by atoms with E-state index in [2.05, 4.69) is 12.2 Å². The van der Waals surface area contributed by atoms with Crippen molar-refractivity contribution in [2.24, 2.45) is 5.92 Å². The van der Waals surface area contributed by atoms with Gasteiger partial charge in [0.2, 0.25) is 10.0 Å². The molecule has 0 radical (unpaired) electrons. The SMILES string of the molecule is CCCCCNC(=O)c1cc(S(=O)(=O)N2CCCC(C)C2)ccc1F. The number of nitrogens with one attached hydrogen (secondary N) is 1. The molecule has 0 aromatic heterocycles. The van der Waals surface area contributed by atoms with Gasteiger partial charge in [-0.3, -0.25) is 4.79 Å². The molecule has 1 aliphatic rings. The van der Waals surface area contributed by atoms with E-state index in [1.165, 1.54) is 10.4 Å². The van der Waals surface area contributed by atoms with E-state index < -0.39 is 21.7 Å². The Morgan fingerprint density at radius 2 is 2.12 bits per heavy atom. The van der Waals surface area contributed by atoms with Crippen molar-refractivity contribution < 1.29 is 17.6 Å². The van der Waals surface area contributed by atoms with Crippen LogP contribution in [-0.2, 0) is 10.0 Å². The molecule has 1 saturated heterocycles. The maximum atomic E-state index is 14.0. The summed E-state index contributed by atoms with van der Waals surface area (Å²) < 4.78 is 41.0. The van der Waals surface area contributed by atoms with Crippen molar-refractivity contribution in [2.75, 3.05) is 19.6 Å². The lowest BCUT2D eigenvalue weighted by Gasteiger charge is -2.30. The van der Waals surface area contributed by atoms with Crippen molar-refractivity contribution in [2.45, 2.75) is 50.8 Å². The Balaban J connectivity index is 2.18. The van der Waals surface area contributed by atoms with Crippen molar-refractivity contribution in [1.82, 2.24) is 9.62 Å². The number of hydrogen-bond donors (Lipinski definition) is 1. The lowest BCUT2D eigenvalue weighted by molar-refractivity contribution is 0.0948. The van der Waals surface area contributed by atoms with E-state index in [0.717, 1.165) is 44.2 Å². The maximum Gasteiger partial charge on any atom is 0.254 e. The van der Waals surface area contributed by atoms with Crippen LogP contribution in [0.3, 0.4) is 0 Å². The molecule has 2 rings (SSSR count). The standard InChI is InChI=1S/C18H27FN2O3S/c1-3-4-5-10-20-18(22)16-12-15(8-9-17(16)19)25(23,24)21-11-6-7-14(2)13-21/h8-9,12,14H,3-7,10-11,13H2,1-2H3,(H,20,22). The third kappa shape index (κ3) is 5.01. The highest BCUT2D eigenvalue weighted by Gasteiger charge is 2.29. The number of hydrogen-bond acceptors (Lipinski definition) is 3. The molecule has 1 heterocycles. The Labute approximate surface area is 149 Å². The van der Waals surface area contributed by atoms with Crippen molar-refractivity contribution in [3.8, 4) is 0 Å². The van der Waals surface area contributed by atoms with Gasteiger partial charge in [-0.25, -0.2) is 12.8 Å². The molecule has 0 saturated carbocycles. The van der Waals surface area contributed by atoms with Gasteiger partial charge in [0.05, 0.1) is 10.5 Å². The minimum atomic E-state index is -3.71. The number of amides is 1. The first-order valence-electron chi connectivity index (χ1n) is 8.94. The van der Waals surface area contributed by atoms with Crippen LogP contribution in [0.5, 0.6) is 0 Å². The Hall–Kier alpha value is -1.47. The van der Waals surface area contributed by atoms with E-state index in [4.69, 9.17) is 0 Å². The summed E-state index contributed by atoms with van der Waals surface area (Å²) >= 11 is 0. The molecule has 1 atom stereocenters. The lowest BCUT2D eigenvalue weighted by Crippen LogP contribution is -2.39. The van der Waals surface area contributed by atoms with Gasteiger partial charge in [-0.05, 0) is 43.4 Å². The van der Waals surface area contributed by atoms with E-state index in [0.29, 0.717) is 25.6 Å². The molecule has 1 fully saturated rings. The number of benzene rings is 1. The summed E-state index contributed by atoms with van der Waals surface area (Å²) in [6.45, 7) is 5.44. The molecule has 7 heteroatoms. The molecular weight excluding hydrogens is 343 g/mol. The molecular formula is C18H27FN2O3S. The van der Waals surface area contributed by atoms with Gasteiger partial charge in [0.1, 0.15) is 5.82 Å². The summed E-state index contributed by atoms with van der Waals surface area (Å²) in [6.07, 6.45) is 4.62. The fourth-order valence-electron chi connectivity index (χ4n) is 3.02. The van der Waals surface area contributed by atoms with Crippen LogP contribution in [0.4, 0.5) is 4.39 Å². The Morgan fingerprint density at radius 1 is 1.36 bits per heavy atom. The van der Waals surface area contributed by atoms with Crippen molar-refractivity contribution >= 4 is 15.9 Å². The molecule has 1 unspecified atom stereocenters. The van der Waals surface area contributed by atoms with E-state index in [1.807, 2.05) is 6.92 Å². The average Bonchev–Trinajstić information content (AvgIpc) is 2.58. The minimum absolute atomic E-state index is 0.0262. The molecule has 1 amide bonds. The summed E-state index contributed by atoms with van der Waals surface area (Å²) in [5.74, 6) is -0.984. The first kappa shape index (κ1) is 19.8. The van der Waals surface area contributed by atoms with E-state index >= 15 is 0 Å².